The molecule has 4 aromatic rings. The van der Waals surface area contributed by atoms with Crippen LogP contribution in [0.3, 0.4) is 0 Å². The topological polar surface area (TPSA) is 71.4 Å². The summed E-state index contributed by atoms with van der Waals surface area (Å²) in [6.45, 7) is 2.00. The van der Waals surface area contributed by atoms with Gasteiger partial charge in [0.25, 0.3) is 11.1 Å². The number of thiophene rings is 1. The molecule has 3 heterocycles. The summed E-state index contributed by atoms with van der Waals surface area (Å²) < 4.78 is 1.45. The fourth-order valence-electron chi connectivity index (χ4n) is 2.92. The molecule has 3 aromatic heterocycles. The number of fused-ring (bicyclic) bond motifs is 4. The van der Waals surface area contributed by atoms with Crippen molar-refractivity contribution in [1.82, 2.24) is 9.38 Å². The van der Waals surface area contributed by atoms with Crippen molar-refractivity contribution in [3.8, 4) is 0 Å². The first-order chi connectivity index (χ1) is 11.2. The second kappa shape index (κ2) is 4.89. The van der Waals surface area contributed by atoms with E-state index in [0.29, 0.717) is 32.8 Å². The molecule has 0 amide bonds. The third kappa shape index (κ3) is 1.82. The number of aldehydes is 1. The maximum absolute atomic E-state index is 12.9. The summed E-state index contributed by atoms with van der Waals surface area (Å²) in [7, 11) is 0. The molecule has 6 heteroatoms. The van der Waals surface area contributed by atoms with Crippen molar-refractivity contribution in [3.05, 3.63) is 61.5 Å². The van der Waals surface area contributed by atoms with Crippen LogP contribution in [0.4, 0.5) is 0 Å². The predicted octanol–water partition coefficient (Wildman–Crippen LogP) is 2.73. The number of nitrogens with one attached hydrogen (secondary N) is 1. The number of pyridine rings is 1. The van der Waals surface area contributed by atoms with Gasteiger partial charge in [-0.2, -0.15) is 0 Å². The zero-order valence-corrected chi connectivity index (χ0v) is 13.1. The van der Waals surface area contributed by atoms with Gasteiger partial charge in [0.15, 0.2) is 6.29 Å². The molecule has 5 nitrogen and oxygen atoms in total. The molecule has 0 bridgehead atoms. The van der Waals surface area contributed by atoms with Crippen molar-refractivity contribution in [2.45, 2.75) is 13.3 Å². The highest BCUT2D eigenvalue weighted by molar-refractivity contribution is 7.18. The molecule has 0 aliphatic carbocycles. The van der Waals surface area contributed by atoms with Crippen molar-refractivity contribution in [1.29, 1.82) is 0 Å². The Labute approximate surface area is 133 Å². The molecule has 0 saturated carbocycles. The lowest BCUT2D eigenvalue weighted by Gasteiger charge is -2.08. The number of H-pyrrole nitrogens is 1. The minimum Gasteiger partial charge on any atom is -0.307 e. The SMILES string of the molecule is CCc1cc2c(=O)[nH]c3c(C=O)c4ccccc4c(=O)n3c2s1. The number of hydrogen-bond donors (Lipinski definition) is 1. The van der Waals surface area contributed by atoms with Gasteiger partial charge in [0, 0.05) is 15.6 Å². The van der Waals surface area contributed by atoms with E-state index >= 15 is 0 Å². The molecule has 0 atom stereocenters. The number of nitrogens with zero attached hydrogens (tertiary/aromatic N) is 1. The molecule has 23 heavy (non-hydrogen) atoms. The maximum atomic E-state index is 12.9. The molecule has 0 fully saturated rings. The molecule has 0 radical (unpaired) electrons. The normalized spacial score (nSPS) is 11.5. The van der Waals surface area contributed by atoms with Gasteiger partial charge in [0.2, 0.25) is 0 Å². The van der Waals surface area contributed by atoms with Crippen LogP contribution < -0.4 is 11.1 Å². The van der Waals surface area contributed by atoms with Gasteiger partial charge >= 0.3 is 0 Å². The van der Waals surface area contributed by atoms with Gasteiger partial charge in [-0.1, -0.05) is 25.1 Å². The molecule has 0 spiro atoms. The number of aromatic nitrogens is 2. The van der Waals surface area contributed by atoms with E-state index in [1.54, 1.807) is 30.3 Å². The van der Waals surface area contributed by atoms with Crippen LogP contribution >= 0.6 is 11.3 Å². The number of aryl methyl sites for hydroxylation is 1. The van der Waals surface area contributed by atoms with E-state index in [4.69, 9.17) is 0 Å². The largest absolute Gasteiger partial charge is 0.307 e. The minimum absolute atomic E-state index is 0.230. The minimum atomic E-state index is -0.284. The Morgan fingerprint density at radius 3 is 2.61 bits per heavy atom. The molecule has 1 N–H and O–H groups in total. The molecular formula is C17H12N2O3S. The number of aromatic amines is 1. The van der Waals surface area contributed by atoms with Crippen LogP contribution in [0.2, 0.25) is 0 Å². The van der Waals surface area contributed by atoms with Crippen LogP contribution in [0.1, 0.15) is 22.2 Å². The number of carbonyl (C=O) groups excluding carboxylic acids is 1. The van der Waals surface area contributed by atoms with E-state index in [2.05, 4.69) is 4.98 Å². The fraction of sp³-hybridized carbons (Fsp3) is 0.118. The monoisotopic (exact) mass is 324 g/mol. The lowest BCUT2D eigenvalue weighted by atomic mass is 10.1. The standard InChI is InChI=1S/C17H12N2O3S/c1-2-9-7-12-15(21)18-14-13(8-20)10-5-3-4-6-11(10)16(22)19(14)17(12)23-9/h3-8H,2H2,1H3,(H,18,21). The van der Waals surface area contributed by atoms with Gasteiger partial charge in [0.1, 0.15) is 10.5 Å². The lowest BCUT2D eigenvalue weighted by molar-refractivity contribution is 0.112. The molecule has 0 unspecified atom stereocenters. The van der Waals surface area contributed by atoms with Crippen LogP contribution in [0.15, 0.2) is 39.9 Å². The zero-order valence-electron chi connectivity index (χ0n) is 12.3. The first-order valence-electron chi connectivity index (χ1n) is 7.23. The summed E-state index contributed by atoms with van der Waals surface area (Å²) in [6.07, 6.45) is 1.47. The Morgan fingerprint density at radius 2 is 1.91 bits per heavy atom. The van der Waals surface area contributed by atoms with Crippen LogP contribution in [0.25, 0.3) is 26.6 Å². The summed E-state index contributed by atoms with van der Waals surface area (Å²) in [4.78, 5) is 41.2. The molecule has 0 aliphatic heterocycles. The van der Waals surface area contributed by atoms with Gasteiger partial charge in [-0.05, 0) is 18.6 Å². The first-order valence-corrected chi connectivity index (χ1v) is 8.04. The van der Waals surface area contributed by atoms with E-state index in [1.807, 2.05) is 6.92 Å². The van der Waals surface area contributed by atoms with Crippen molar-refractivity contribution in [3.63, 3.8) is 0 Å². The van der Waals surface area contributed by atoms with Crippen LogP contribution in [-0.4, -0.2) is 15.7 Å². The van der Waals surface area contributed by atoms with Crippen molar-refractivity contribution >= 4 is 44.3 Å². The molecule has 0 aliphatic rings. The van der Waals surface area contributed by atoms with Gasteiger partial charge in [-0.3, -0.25) is 18.8 Å². The van der Waals surface area contributed by atoms with Crippen molar-refractivity contribution in [2.24, 2.45) is 0 Å². The third-order valence-corrected chi connectivity index (χ3v) is 5.30. The average molecular weight is 324 g/mol. The summed E-state index contributed by atoms with van der Waals surface area (Å²) in [5.74, 6) is 0. The summed E-state index contributed by atoms with van der Waals surface area (Å²) in [6, 6.07) is 8.75. The average Bonchev–Trinajstić information content (AvgIpc) is 3.00. The summed E-state index contributed by atoms with van der Waals surface area (Å²) in [5.41, 5.74) is 0.0667. The van der Waals surface area contributed by atoms with Gasteiger partial charge in [-0.25, -0.2) is 0 Å². The number of hydrogen-bond acceptors (Lipinski definition) is 4. The quantitative estimate of drug-likeness (QED) is 0.455. The Bertz CT molecular complexity index is 1210. The predicted molar refractivity (Wildman–Crippen MR) is 91.9 cm³/mol. The smallest absolute Gasteiger partial charge is 0.265 e. The maximum Gasteiger partial charge on any atom is 0.265 e. The van der Waals surface area contributed by atoms with Crippen LogP contribution in [0.5, 0.6) is 0 Å². The van der Waals surface area contributed by atoms with E-state index in [-0.39, 0.29) is 16.8 Å². The summed E-state index contributed by atoms with van der Waals surface area (Å²) in [5, 5.41) is 1.50. The highest BCUT2D eigenvalue weighted by Crippen LogP contribution is 2.25. The number of carbonyl (C=O) groups is 1. The molecule has 0 saturated heterocycles. The van der Waals surface area contributed by atoms with Gasteiger partial charge in [0.05, 0.1) is 10.9 Å². The molecule has 1 aromatic carbocycles. The molecule has 114 valence electrons. The number of benzene rings is 1. The molecular weight excluding hydrogens is 312 g/mol. The van der Waals surface area contributed by atoms with E-state index in [9.17, 15) is 14.4 Å². The Kier molecular flexibility index (Phi) is 2.96. The van der Waals surface area contributed by atoms with Crippen LogP contribution in [-0.2, 0) is 6.42 Å². The third-order valence-electron chi connectivity index (χ3n) is 4.04. The Hall–Kier alpha value is -2.73. The highest BCUT2D eigenvalue weighted by atomic mass is 32.1. The highest BCUT2D eigenvalue weighted by Gasteiger charge is 2.16. The van der Waals surface area contributed by atoms with Crippen LogP contribution in [0, 0.1) is 0 Å². The van der Waals surface area contributed by atoms with E-state index < -0.39 is 0 Å². The van der Waals surface area contributed by atoms with E-state index in [1.165, 1.54) is 15.7 Å². The first kappa shape index (κ1) is 13.9. The fourth-order valence-corrected chi connectivity index (χ4v) is 4.02. The van der Waals surface area contributed by atoms with Gasteiger partial charge in [-0.15, -0.1) is 11.3 Å². The second-order valence-corrected chi connectivity index (χ2v) is 6.42. The van der Waals surface area contributed by atoms with Crippen molar-refractivity contribution in [2.75, 3.05) is 0 Å². The summed E-state index contributed by atoms with van der Waals surface area (Å²) >= 11 is 1.41. The number of rotatable bonds is 2. The zero-order chi connectivity index (χ0) is 16.1. The van der Waals surface area contributed by atoms with E-state index in [0.717, 1.165) is 11.3 Å². The Balaban J connectivity index is 2.41. The molecule has 4 rings (SSSR count). The Morgan fingerprint density at radius 1 is 1.17 bits per heavy atom. The van der Waals surface area contributed by atoms with Crippen molar-refractivity contribution < 1.29 is 4.79 Å². The van der Waals surface area contributed by atoms with Gasteiger partial charge < -0.3 is 4.98 Å². The second-order valence-electron chi connectivity index (χ2n) is 5.31. The lowest BCUT2D eigenvalue weighted by Crippen LogP contribution is -2.21.